The fourth-order valence-electron chi connectivity index (χ4n) is 1.51. The Balaban J connectivity index is 0.000000249. The van der Waals surface area contributed by atoms with Crippen LogP contribution in [-0.2, 0) is 16.5 Å². The van der Waals surface area contributed by atoms with Gasteiger partial charge in [0.2, 0.25) is 0 Å². The third-order valence-electron chi connectivity index (χ3n) is 2.21. The lowest BCUT2D eigenvalue weighted by Gasteiger charge is -2.24. The Kier molecular flexibility index (Phi) is 4.92. The van der Waals surface area contributed by atoms with E-state index in [-0.39, 0.29) is 12.7 Å². The minimum absolute atomic E-state index is 0.0000926. The van der Waals surface area contributed by atoms with Crippen LogP contribution in [0.2, 0.25) is 0 Å². The van der Waals surface area contributed by atoms with Gasteiger partial charge in [-0.3, -0.25) is 4.55 Å². The monoisotopic (exact) mass is 260 g/mol. The number of aliphatic hydroxyl groups is 1. The highest BCUT2D eigenvalue weighted by Gasteiger charge is 2.17. The molecule has 1 aliphatic rings. The van der Waals surface area contributed by atoms with E-state index in [1.807, 2.05) is 18.2 Å². The molecule has 1 aromatic rings. The molecule has 5 nitrogen and oxygen atoms in total. The summed E-state index contributed by atoms with van der Waals surface area (Å²) < 4.78 is 31.4. The second-order valence-electron chi connectivity index (χ2n) is 3.80. The van der Waals surface area contributed by atoms with E-state index >= 15 is 0 Å². The molecule has 0 bridgehead atoms. The van der Waals surface area contributed by atoms with Crippen LogP contribution in [0, 0.1) is 0 Å². The zero-order chi connectivity index (χ0) is 12.9. The normalized spacial score (nSPS) is 18.4. The standard InChI is InChI=1S/C10H12O2.CH4O3S/c11-7-9-6-5-8-3-1-2-4-10(8)12-9;1-5(2,3)4/h1-4,9,11H,5-7H2;1H3,(H,2,3,4). The number of rotatable bonds is 1. The van der Waals surface area contributed by atoms with Gasteiger partial charge >= 0.3 is 0 Å². The van der Waals surface area contributed by atoms with Crippen LogP contribution in [0.15, 0.2) is 24.3 Å². The van der Waals surface area contributed by atoms with Gasteiger partial charge in [-0.2, -0.15) is 8.42 Å². The summed E-state index contributed by atoms with van der Waals surface area (Å²) in [6.07, 6.45) is 2.65. The van der Waals surface area contributed by atoms with E-state index in [9.17, 15) is 8.42 Å². The zero-order valence-corrected chi connectivity index (χ0v) is 10.4. The molecule has 17 heavy (non-hydrogen) atoms. The summed E-state index contributed by atoms with van der Waals surface area (Å²) in [7, 11) is -3.67. The van der Waals surface area contributed by atoms with Crippen LogP contribution in [0.1, 0.15) is 12.0 Å². The molecule has 0 amide bonds. The maximum atomic E-state index is 9.19. The molecule has 0 spiro atoms. The van der Waals surface area contributed by atoms with Crippen LogP contribution < -0.4 is 4.74 Å². The number of aryl methyl sites for hydroxylation is 1. The summed E-state index contributed by atoms with van der Waals surface area (Å²) in [5.74, 6) is 0.933. The second-order valence-corrected chi connectivity index (χ2v) is 5.27. The van der Waals surface area contributed by atoms with Crippen LogP contribution >= 0.6 is 0 Å². The number of para-hydroxylation sites is 1. The van der Waals surface area contributed by atoms with Gasteiger partial charge in [0.05, 0.1) is 12.9 Å². The Hall–Kier alpha value is -1.11. The van der Waals surface area contributed by atoms with Crippen molar-refractivity contribution in [3.8, 4) is 5.75 Å². The van der Waals surface area contributed by atoms with Crippen molar-refractivity contribution < 1.29 is 22.8 Å². The summed E-state index contributed by atoms with van der Waals surface area (Å²) >= 11 is 0. The first-order valence-electron chi connectivity index (χ1n) is 5.18. The maximum Gasteiger partial charge on any atom is 0.261 e. The summed E-state index contributed by atoms with van der Waals surface area (Å²) in [5.41, 5.74) is 1.25. The summed E-state index contributed by atoms with van der Waals surface area (Å²) in [5, 5.41) is 8.89. The molecule has 0 aromatic heterocycles. The van der Waals surface area contributed by atoms with Crippen LogP contribution in [-0.4, -0.2) is 37.0 Å². The van der Waals surface area contributed by atoms with E-state index in [4.69, 9.17) is 14.4 Å². The Morgan fingerprint density at radius 1 is 1.41 bits per heavy atom. The SMILES string of the molecule is CS(=O)(=O)O.OCC1CCc2ccccc2O1. The number of fused-ring (bicyclic) bond motifs is 1. The van der Waals surface area contributed by atoms with Gasteiger partial charge in [-0.15, -0.1) is 0 Å². The average Bonchev–Trinajstić information content (AvgIpc) is 2.26. The van der Waals surface area contributed by atoms with Crippen molar-refractivity contribution in [3.63, 3.8) is 0 Å². The van der Waals surface area contributed by atoms with Gasteiger partial charge in [-0.1, -0.05) is 18.2 Å². The van der Waals surface area contributed by atoms with Crippen LogP contribution in [0.3, 0.4) is 0 Å². The molecule has 2 N–H and O–H groups in total. The molecule has 0 saturated carbocycles. The predicted octanol–water partition coefficient (Wildman–Crippen LogP) is 0.877. The van der Waals surface area contributed by atoms with Gasteiger partial charge in [0.15, 0.2) is 0 Å². The zero-order valence-electron chi connectivity index (χ0n) is 9.54. The van der Waals surface area contributed by atoms with Gasteiger partial charge in [0, 0.05) is 0 Å². The Bertz CT molecular complexity index is 447. The Labute approximate surface area is 101 Å². The summed E-state index contributed by atoms with van der Waals surface area (Å²) in [4.78, 5) is 0. The van der Waals surface area contributed by atoms with Crippen LogP contribution in [0.5, 0.6) is 5.75 Å². The first-order valence-corrected chi connectivity index (χ1v) is 7.03. The van der Waals surface area contributed by atoms with Crippen LogP contribution in [0.4, 0.5) is 0 Å². The molecule has 0 aliphatic carbocycles. The quantitative estimate of drug-likeness (QED) is 0.732. The highest BCUT2D eigenvalue weighted by Crippen LogP contribution is 2.26. The molecule has 1 unspecified atom stereocenters. The first kappa shape index (κ1) is 14.0. The Morgan fingerprint density at radius 2 is 2.00 bits per heavy atom. The number of aliphatic hydroxyl groups excluding tert-OH is 1. The van der Waals surface area contributed by atoms with Gasteiger partial charge in [-0.05, 0) is 24.5 Å². The topological polar surface area (TPSA) is 83.8 Å². The lowest BCUT2D eigenvalue weighted by molar-refractivity contribution is 0.0978. The fourth-order valence-corrected chi connectivity index (χ4v) is 1.51. The molecular formula is C11H16O5S. The van der Waals surface area contributed by atoms with Crippen molar-refractivity contribution in [1.29, 1.82) is 0 Å². The van der Waals surface area contributed by atoms with E-state index in [0.29, 0.717) is 6.26 Å². The maximum absolute atomic E-state index is 9.19. The minimum Gasteiger partial charge on any atom is -0.488 e. The lowest BCUT2D eigenvalue weighted by Crippen LogP contribution is -2.25. The van der Waals surface area contributed by atoms with Gasteiger partial charge in [0.1, 0.15) is 11.9 Å². The third-order valence-corrected chi connectivity index (χ3v) is 2.21. The van der Waals surface area contributed by atoms with Gasteiger partial charge < -0.3 is 9.84 Å². The van der Waals surface area contributed by atoms with E-state index < -0.39 is 10.1 Å². The van der Waals surface area contributed by atoms with Crippen LogP contribution in [0.25, 0.3) is 0 Å². The molecule has 1 atom stereocenters. The van der Waals surface area contributed by atoms with Crippen molar-refractivity contribution in [2.45, 2.75) is 18.9 Å². The van der Waals surface area contributed by atoms with Crippen molar-refractivity contribution in [2.24, 2.45) is 0 Å². The smallest absolute Gasteiger partial charge is 0.261 e. The summed E-state index contributed by atoms with van der Waals surface area (Å²) in [6.45, 7) is 0.119. The number of hydrogen-bond donors (Lipinski definition) is 2. The number of ether oxygens (including phenoxy) is 1. The van der Waals surface area contributed by atoms with Gasteiger partial charge in [0.25, 0.3) is 10.1 Å². The second kappa shape index (κ2) is 6.00. The molecule has 2 rings (SSSR count). The van der Waals surface area contributed by atoms with Crippen molar-refractivity contribution in [1.82, 2.24) is 0 Å². The lowest BCUT2D eigenvalue weighted by atomic mass is 10.0. The third kappa shape index (κ3) is 5.67. The van der Waals surface area contributed by atoms with E-state index in [0.717, 1.165) is 18.6 Å². The highest BCUT2D eigenvalue weighted by atomic mass is 32.2. The molecule has 0 fully saturated rings. The van der Waals surface area contributed by atoms with E-state index in [1.54, 1.807) is 0 Å². The minimum atomic E-state index is -3.67. The molecule has 1 aliphatic heterocycles. The average molecular weight is 260 g/mol. The van der Waals surface area contributed by atoms with Crippen molar-refractivity contribution >= 4 is 10.1 Å². The predicted molar refractivity (Wildman–Crippen MR) is 63.7 cm³/mol. The first-order chi connectivity index (χ1) is 7.90. The molecule has 6 heteroatoms. The highest BCUT2D eigenvalue weighted by molar-refractivity contribution is 7.85. The molecule has 0 radical (unpaired) electrons. The van der Waals surface area contributed by atoms with Crippen molar-refractivity contribution in [3.05, 3.63) is 29.8 Å². The molecular weight excluding hydrogens is 244 g/mol. The molecule has 1 heterocycles. The van der Waals surface area contributed by atoms with Gasteiger partial charge in [-0.25, -0.2) is 0 Å². The molecule has 0 saturated heterocycles. The summed E-state index contributed by atoms with van der Waals surface area (Å²) in [6, 6.07) is 8.00. The molecule has 1 aromatic carbocycles. The van der Waals surface area contributed by atoms with Crippen molar-refractivity contribution in [2.75, 3.05) is 12.9 Å². The number of hydrogen-bond acceptors (Lipinski definition) is 4. The molecule has 96 valence electrons. The number of benzene rings is 1. The fraction of sp³-hybridized carbons (Fsp3) is 0.455. The Morgan fingerprint density at radius 3 is 2.59 bits per heavy atom. The van der Waals surface area contributed by atoms with E-state index in [1.165, 1.54) is 5.56 Å². The largest absolute Gasteiger partial charge is 0.488 e. The van der Waals surface area contributed by atoms with E-state index in [2.05, 4.69) is 6.07 Å².